The van der Waals surface area contributed by atoms with Gasteiger partial charge in [0.25, 0.3) is 0 Å². The molecule has 216 valence electrons. The molecule has 8 nitrogen and oxygen atoms in total. The third-order valence-corrected chi connectivity index (χ3v) is 5.80. The number of nitrogens with two attached hydrogens (primary N) is 2. The number of amides is 2. The molecule has 0 fully saturated rings. The first-order chi connectivity index (χ1) is 18.6. The maximum Gasteiger partial charge on any atom is 0.490 e. The number of carbonyl (C=O) groups is 3. The van der Waals surface area contributed by atoms with Crippen LogP contribution in [0.4, 0.5) is 13.2 Å². The van der Waals surface area contributed by atoms with Gasteiger partial charge in [0.05, 0.1) is 0 Å². The van der Waals surface area contributed by atoms with Crippen molar-refractivity contribution in [1.29, 1.82) is 0 Å². The van der Waals surface area contributed by atoms with Gasteiger partial charge >= 0.3 is 12.1 Å². The lowest BCUT2D eigenvalue weighted by Crippen LogP contribution is -2.51. The highest BCUT2D eigenvalue weighted by molar-refractivity contribution is 5.87. The standard InChI is InChI=1S/C26H38N4O2.C2HF3O2/c27-18-8-7-15-24(26(32)29-20-9-14-22-10-3-1-4-11-22)30(25(31)16-19-28)21-17-23-12-5-2-6-13-23;3-2(4,5)1(6)7/h1-6,10-13,24H,7-9,14-21,27-28H2,(H,29,32);(H,6,7). The van der Waals surface area contributed by atoms with Crippen LogP contribution in [0.25, 0.3) is 0 Å². The molecule has 0 aliphatic heterocycles. The first-order valence-electron chi connectivity index (χ1n) is 12.9. The van der Waals surface area contributed by atoms with Gasteiger partial charge in [0.2, 0.25) is 11.8 Å². The molecule has 0 aliphatic rings. The summed E-state index contributed by atoms with van der Waals surface area (Å²) < 4.78 is 31.7. The highest BCUT2D eigenvalue weighted by atomic mass is 19.4. The molecular formula is C28H39F3N4O4. The Morgan fingerprint density at radius 3 is 1.87 bits per heavy atom. The zero-order chi connectivity index (χ0) is 29.1. The molecule has 0 aromatic heterocycles. The van der Waals surface area contributed by atoms with Gasteiger partial charge in [0, 0.05) is 26.1 Å². The normalized spacial score (nSPS) is 11.6. The average molecular weight is 553 g/mol. The number of carboxylic acid groups (broad SMARTS) is 1. The van der Waals surface area contributed by atoms with Gasteiger partial charge in [-0.1, -0.05) is 60.7 Å². The van der Waals surface area contributed by atoms with Gasteiger partial charge in [0.15, 0.2) is 0 Å². The van der Waals surface area contributed by atoms with E-state index in [-0.39, 0.29) is 24.8 Å². The fourth-order valence-electron chi connectivity index (χ4n) is 3.79. The molecule has 6 N–H and O–H groups in total. The summed E-state index contributed by atoms with van der Waals surface area (Å²) in [6.07, 6.45) is -0.150. The number of benzene rings is 2. The minimum atomic E-state index is -5.08. The number of alkyl halides is 3. The lowest BCUT2D eigenvalue weighted by Gasteiger charge is -2.31. The highest BCUT2D eigenvalue weighted by Crippen LogP contribution is 2.14. The number of carboxylic acids is 1. The lowest BCUT2D eigenvalue weighted by atomic mass is 10.0. The summed E-state index contributed by atoms with van der Waals surface area (Å²) in [4.78, 5) is 36.7. The SMILES string of the molecule is NCCCCC(C(=O)NCCCc1ccccc1)N(CCc1ccccc1)C(=O)CCN.O=C(O)C(F)(F)F. The summed E-state index contributed by atoms with van der Waals surface area (Å²) in [7, 11) is 0. The molecule has 2 aromatic rings. The minimum absolute atomic E-state index is 0.0689. The van der Waals surface area contributed by atoms with Gasteiger partial charge in [-0.3, -0.25) is 9.59 Å². The van der Waals surface area contributed by atoms with Crippen molar-refractivity contribution in [3.63, 3.8) is 0 Å². The maximum atomic E-state index is 13.1. The van der Waals surface area contributed by atoms with Gasteiger partial charge in [-0.25, -0.2) is 4.79 Å². The molecule has 0 saturated heterocycles. The van der Waals surface area contributed by atoms with E-state index in [0.29, 0.717) is 32.5 Å². The number of halogens is 3. The summed E-state index contributed by atoms with van der Waals surface area (Å²) >= 11 is 0. The van der Waals surface area contributed by atoms with Crippen LogP contribution in [0, 0.1) is 0 Å². The number of nitrogens with one attached hydrogen (secondary N) is 1. The van der Waals surface area contributed by atoms with Crippen LogP contribution in [0.3, 0.4) is 0 Å². The number of carbonyl (C=O) groups excluding carboxylic acids is 2. The van der Waals surface area contributed by atoms with E-state index in [1.165, 1.54) is 5.56 Å². The molecule has 1 unspecified atom stereocenters. The van der Waals surface area contributed by atoms with Crippen molar-refractivity contribution in [2.75, 3.05) is 26.2 Å². The summed E-state index contributed by atoms with van der Waals surface area (Å²) in [5.41, 5.74) is 13.7. The van der Waals surface area contributed by atoms with Gasteiger partial charge < -0.3 is 26.8 Å². The first kappa shape index (κ1) is 33.6. The average Bonchev–Trinajstić information content (AvgIpc) is 2.91. The lowest BCUT2D eigenvalue weighted by molar-refractivity contribution is -0.192. The van der Waals surface area contributed by atoms with Crippen molar-refractivity contribution < 1.29 is 32.7 Å². The number of rotatable bonds is 15. The largest absolute Gasteiger partial charge is 0.490 e. The molecule has 2 aromatic carbocycles. The van der Waals surface area contributed by atoms with Crippen LogP contribution in [0.15, 0.2) is 60.7 Å². The van der Waals surface area contributed by atoms with Crippen molar-refractivity contribution >= 4 is 17.8 Å². The molecule has 2 rings (SSSR count). The Hall–Kier alpha value is -3.44. The Balaban J connectivity index is 0.000000956. The topological polar surface area (TPSA) is 139 Å². The van der Waals surface area contributed by atoms with Crippen LogP contribution < -0.4 is 16.8 Å². The third-order valence-electron chi connectivity index (χ3n) is 5.80. The fourth-order valence-corrected chi connectivity index (χ4v) is 3.79. The Kier molecular flexibility index (Phi) is 16.1. The van der Waals surface area contributed by atoms with E-state index in [1.807, 2.05) is 48.5 Å². The highest BCUT2D eigenvalue weighted by Gasteiger charge is 2.38. The van der Waals surface area contributed by atoms with Gasteiger partial charge in [-0.05, 0) is 56.2 Å². The second kappa shape index (κ2) is 18.8. The fraction of sp³-hybridized carbons (Fsp3) is 0.464. The predicted molar refractivity (Wildman–Crippen MR) is 144 cm³/mol. The van der Waals surface area contributed by atoms with Crippen molar-refractivity contribution in [2.24, 2.45) is 11.5 Å². The van der Waals surface area contributed by atoms with E-state index in [1.54, 1.807) is 4.90 Å². The van der Waals surface area contributed by atoms with E-state index in [4.69, 9.17) is 21.4 Å². The van der Waals surface area contributed by atoms with Crippen molar-refractivity contribution in [2.45, 2.75) is 57.2 Å². The molecule has 0 spiro atoms. The molecular weight excluding hydrogens is 513 g/mol. The van der Waals surface area contributed by atoms with E-state index < -0.39 is 18.2 Å². The molecule has 0 radical (unpaired) electrons. The molecule has 39 heavy (non-hydrogen) atoms. The van der Waals surface area contributed by atoms with E-state index in [2.05, 4.69) is 17.4 Å². The molecule has 11 heteroatoms. The van der Waals surface area contributed by atoms with E-state index >= 15 is 0 Å². The quantitative estimate of drug-likeness (QED) is 0.250. The van der Waals surface area contributed by atoms with Crippen LogP contribution in [0.1, 0.15) is 43.2 Å². The van der Waals surface area contributed by atoms with E-state index in [9.17, 15) is 22.8 Å². The second-order valence-corrected chi connectivity index (χ2v) is 8.84. The summed E-state index contributed by atoms with van der Waals surface area (Å²) in [5.74, 6) is -2.92. The van der Waals surface area contributed by atoms with Gasteiger partial charge in [0.1, 0.15) is 6.04 Å². The zero-order valence-corrected chi connectivity index (χ0v) is 22.0. The Morgan fingerprint density at radius 2 is 1.38 bits per heavy atom. The summed E-state index contributed by atoms with van der Waals surface area (Å²) in [5, 5.41) is 10.2. The minimum Gasteiger partial charge on any atom is -0.475 e. The number of hydrogen-bond acceptors (Lipinski definition) is 5. The number of unbranched alkanes of at least 4 members (excludes halogenated alkanes) is 1. The number of aryl methyl sites for hydroxylation is 1. The molecule has 0 aliphatic carbocycles. The Labute approximate surface area is 227 Å². The summed E-state index contributed by atoms with van der Waals surface area (Å²) in [6, 6.07) is 19.8. The van der Waals surface area contributed by atoms with Crippen LogP contribution in [-0.2, 0) is 27.2 Å². The first-order valence-corrected chi connectivity index (χ1v) is 12.9. The third kappa shape index (κ3) is 14.3. The van der Waals surface area contributed by atoms with Gasteiger partial charge in [-0.2, -0.15) is 13.2 Å². The summed E-state index contributed by atoms with van der Waals surface area (Å²) in [6.45, 7) is 1.92. The Morgan fingerprint density at radius 1 is 0.846 bits per heavy atom. The predicted octanol–water partition coefficient (Wildman–Crippen LogP) is 3.29. The van der Waals surface area contributed by atoms with Crippen molar-refractivity contribution in [3.8, 4) is 0 Å². The molecule has 0 heterocycles. The maximum absolute atomic E-state index is 13.1. The van der Waals surface area contributed by atoms with Gasteiger partial charge in [-0.15, -0.1) is 0 Å². The number of aliphatic carboxylic acids is 1. The van der Waals surface area contributed by atoms with E-state index in [0.717, 1.165) is 31.2 Å². The number of nitrogens with zero attached hydrogens (tertiary/aromatic N) is 1. The second-order valence-electron chi connectivity index (χ2n) is 8.84. The van der Waals surface area contributed by atoms with Crippen LogP contribution in [-0.4, -0.2) is 66.2 Å². The van der Waals surface area contributed by atoms with Crippen LogP contribution >= 0.6 is 0 Å². The molecule has 0 bridgehead atoms. The van der Waals surface area contributed by atoms with Crippen molar-refractivity contribution in [3.05, 3.63) is 71.8 Å². The number of hydrogen-bond donors (Lipinski definition) is 4. The molecule has 1 atom stereocenters. The monoisotopic (exact) mass is 552 g/mol. The van der Waals surface area contributed by atoms with Crippen LogP contribution in [0.2, 0.25) is 0 Å². The Bertz CT molecular complexity index is 976. The zero-order valence-electron chi connectivity index (χ0n) is 22.0. The molecule has 0 saturated carbocycles. The van der Waals surface area contributed by atoms with Crippen molar-refractivity contribution in [1.82, 2.24) is 10.2 Å². The smallest absolute Gasteiger partial charge is 0.475 e. The molecule has 2 amide bonds. The van der Waals surface area contributed by atoms with Crippen LogP contribution in [0.5, 0.6) is 0 Å².